The Hall–Kier alpha value is -4.66. The van der Waals surface area contributed by atoms with Gasteiger partial charge in [-0.15, -0.1) is 0 Å². The van der Waals surface area contributed by atoms with Gasteiger partial charge in [-0.1, -0.05) is 31.2 Å². The third kappa shape index (κ3) is 5.00. The van der Waals surface area contributed by atoms with Crippen LogP contribution in [0.2, 0.25) is 0 Å². The van der Waals surface area contributed by atoms with Gasteiger partial charge in [0, 0.05) is 24.5 Å². The van der Waals surface area contributed by atoms with Crippen LogP contribution in [-0.2, 0) is 9.59 Å². The predicted octanol–water partition coefficient (Wildman–Crippen LogP) is 5.90. The zero-order valence-corrected chi connectivity index (χ0v) is 24.7. The van der Waals surface area contributed by atoms with Crippen molar-refractivity contribution in [1.82, 2.24) is 0 Å². The number of methoxy groups -OCH3 is 5. The van der Waals surface area contributed by atoms with Crippen molar-refractivity contribution in [3.63, 3.8) is 0 Å². The molecule has 3 aromatic carbocycles. The zero-order valence-electron chi connectivity index (χ0n) is 24.7. The summed E-state index contributed by atoms with van der Waals surface area (Å²) < 4.78 is 27.8. The topological polar surface area (TPSA) is 95.6 Å². The summed E-state index contributed by atoms with van der Waals surface area (Å²) in [6.45, 7) is 1.83. The number of carbonyl (C=O) groups is 2. The molecule has 220 valence electrons. The molecular weight excluding hydrogens is 536 g/mol. The highest BCUT2D eigenvalue weighted by molar-refractivity contribution is 6.01. The predicted molar refractivity (Wildman–Crippen MR) is 160 cm³/mol. The molecule has 0 bridgehead atoms. The molecule has 2 aliphatic rings. The number of carbonyl (C=O) groups excluding carboxylic acids is 2. The molecule has 1 aliphatic heterocycles. The smallest absolute Gasteiger partial charge is 0.227 e. The van der Waals surface area contributed by atoms with Gasteiger partial charge >= 0.3 is 0 Å². The van der Waals surface area contributed by atoms with Gasteiger partial charge in [0.1, 0.15) is 5.78 Å². The molecule has 5 rings (SSSR count). The van der Waals surface area contributed by atoms with E-state index in [0.29, 0.717) is 34.4 Å². The van der Waals surface area contributed by atoms with Crippen LogP contribution in [0.1, 0.15) is 42.9 Å². The van der Waals surface area contributed by atoms with Crippen molar-refractivity contribution < 1.29 is 33.3 Å². The Morgan fingerprint density at radius 1 is 0.833 bits per heavy atom. The van der Waals surface area contributed by atoms with E-state index < -0.39 is 12.0 Å². The number of benzene rings is 3. The number of nitrogens with one attached hydrogen (secondary N) is 1. The van der Waals surface area contributed by atoms with Crippen molar-refractivity contribution in [3.8, 4) is 28.7 Å². The second-order valence-corrected chi connectivity index (χ2v) is 10.2. The Morgan fingerprint density at radius 2 is 1.48 bits per heavy atom. The Balaban J connectivity index is 1.71. The molecule has 9 nitrogen and oxygen atoms in total. The molecule has 0 saturated heterocycles. The summed E-state index contributed by atoms with van der Waals surface area (Å²) in [5.74, 6) is 1.60. The highest BCUT2D eigenvalue weighted by Crippen LogP contribution is 2.50. The minimum atomic E-state index is -0.649. The summed E-state index contributed by atoms with van der Waals surface area (Å²) in [7, 11) is 7.84. The number of ether oxygens (including phenoxy) is 5. The summed E-state index contributed by atoms with van der Waals surface area (Å²) in [4.78, 5) is 29.7. The molecule has 9 heteroatoms. The largest absolute Gasteiger partial charge is 0.493 e. The Labute approximate surface area is 246 Å². The number of fused-ring (bicyclic) bond motifs is 2. The SMILES string of the molecule is CCC(=O)N1c2ccccc2NC2=C[C@@H](c3cc(OC)c(OC)c(OC)c3)CC(=O)[C@H]2[C@H]1c1ccc(OC)c(OC)c1. The van der Waals surface area contributed by atoms with E-state index in [9.17, 15) is 9.59 Å². The number of Topliss-reactive ketones (excluding diaryl/α,β-unsaturated/α-hetero) is 1. The van der Waals surface area contributed by atoms with E-state index in [1.165, 1.54) is 0 Å². The van der Waals surface area contributed by atoms with E-state index in [0.717, 1.165) is 22.5 Å². The van der Waals surface area contributed by atoms with Crippen LogP contribution in [0.15, 0.2) is 66.4 Å². The summed E-state index contributed by atoms with van der Waals surface area (Å²) >= 11 is 0. The third-order valence-corrected chi connectivity index (χ3v) is 7.96. The highest BCUT2D eigenvalue weighted by Gasteiger charge is 2.45. The second-order valence-electron chi connectivity index (χ2n) is 10.2. The first-order chi connectivity index (χ1) is 20.4. The number of anilines is 2. The van der Waals surface area contributed by atoms with Crippen LogP contribution in [0.25, 0.3) is 0 Å². The van der Waals surface area contributed by atoms with Gasteiger partial charge in [0.25, 0.3) is 0 Å². The lowest BCUT2D eigenvalue weighted by atomic mass is 9.76. The Kier molecular flexibility index (Phi) is 8.29. The standard InChI is InChI=1S/C33H36N2O7/c1-7-30(37)35-24-11-9-8-10-22(24)34-23-14-20(21-17-28(40-4)33(42-6)29(18-21)41-5)15-25(36)31(23)32(35)19-12-13-26(38-2)27(16-19)39-3/h8-14,16-18,20,31-32,34H,7,15H2,1-6H3/t20-,31+,32-/m1/s1. The van der Waals surface area contributed by atoms with Gasteiger partial charge in [-0.05, 0) is 47.5 Å². The normalized spacial score (nSPS) is 19.4. The minimum Gasteiger partial charge on any atom is -0.493 e. The molecule has 0 fully saturated rings. The van der Waals surface area contributed by atoms with Crippen molar-refractivity contribution in [2.75, 3.05) is 45.8 Å². The summed E-state index contributed by atoms with van der Waals surface area (Å²) in [5.41, 5.74) is 3.80. The average molecular weight is 573 g/mol. The lowest BCUT2D eigenvalue weighted by Crippen LogP contribution is -2.42. The first-order valence-electron chi connectivity index (χ1n) is 13.8. The Bertz CT molecular complexity index is 1510. The maximum Gasteiger partial charge on any atom is 0.227 e. The highest BCUT2D eigenvalue weighted by atomic mass is 16.5. The first kappa shape index (κ1) is 28.9. The van der Waals surface area contributed by atoms with Crippen molar-refractivity contribution in [3.05, 3.63) is 77.5 Å². The van der Waals surface area contributed by atoms with Gasteiger partial charge in [0.15, 0.2) is 23.0 Å². The fourth-order valence-electron chi connectivity index (χ4n) is 5.97. The number of para-hydroxylation sites is 2. The molecule has 1 heterocycles. The lowest BCUT2D eigenvalue weighted by molar-refractivity contribution is -0.123. The molecule has 0 radical (unpaired) electrons. The van der Waals surface area contributed by atoms with E-state index in [1.54, 1.807) is 40.4 Å². The van der Waals surface area contributed by atoms with Crippen molar-refractivity contribution >= 4 is 23.1 Å². The molecule has 1 amide bonds. The van der Waals surface area contributed by atoms with Crippen LogP contribution in [0.3, 0.4) is 0 Å². The number of nitrogens with zero attached hydrogens (tertiary/aromatic N) is 1. The monoisotopic (exact) mass is 572 g/mol. The fraction of sp³-hybridized carbons (Fsp3) is 0.333. The number of rotatable bonds is 8. The van der Waals surface area contributed by atoms with Crippen molar-refractivity contribution in [1.29, 1.82) is 0 Å². The minimum absolute atomic E-state index is 0.000228. The number of allylic oxidation sites excluding steroid dienone is 1. The molecule has 3 aromatic rings. The molecule has 1 aliphatic carbocycles. The van der Waals surface area contributed by atoms with E-state index in [1.807, 2.05) is 61.5 Å². The number of ketones is 1. The van der Waals surface area contributed by atoms with Crippen LogP contribution in [-0.4, -0.2) is 47.2 Å². The maximum atomic E-state index is 14.3. The number of hydrogen-bond acceptors (Lipinski definition) is 8. The van der Waals surface area contributed by atoms with Crippen LogP contribution in [0.4, 0.5) is 11.4 Å². The first-order valence-corrected chi connectivity index (χ1v) is 13.8. The van der Waals surface area contributed by atoms with Gasteiger partial charge < -0.3 is 33.9 Å². The summed E-state index contributed by atoms with van der Waals surface area (Å²) in [5, 5.41) is 3.53. The molecule has 3 atom stereocenters. The van der Waals surface area contributed by atoms with Crippen LogP contribution in [0.5, 0.6) is 28.7 Å². The molecule has 0 unspecified atom stereocenters. The quantitative estimate of drug-likeness (QED) is 0.357. The van der Waals surface area contributed by atoms with Crippen LogP contribution >= 0.6 is 0 Å². The average Bonchev–Trinajstić information content (AvgIpc) is 3.17. The lowest BCUT2D eigenvalue weighted by Gasteiger charge is -2.37. The van der Waals surface area contributed by atoms with Gasteiger partial charge in [-0.2, -0.15) is 0 Å². The van der Waals surface area contributed by atoms with Gasteiger partial charge in [0.2, 0.25) is 11.7 Å². The molecular formula is C33H36N2O7. The Morgan fingerprint density at radius 3 is 2.10 bits per heavy atom. The fourth-order valence-corrected chi connectivity index (χ4v) is 5.97. The third-order valence-electron chi connectivity index (χ3n) is 7.96. The molecule has 0 saturated carbocycles. The van der Waals surface area contributed by atoms with Gasteiger partial charge in [-0.25, -0.2) is 0 Å². The van der Waals surface area contributed by atoms with E-state index in [4.69, 9.17) is 23.7 Å². The number of amides is 1. The summed E-state index contributed by atoms with van der Waals surface area (Å²) in [6, 6.07) is 16.3. The van der Waals surface area contributed by atoms with Crippen molar-refractivity contribution in [2.24, 2.45) is 5.92 Å². The second kappa shape index (κ2) is 12.1. The number of hydrogen-bond donors (Lipinski definition) is 1. The van der Waals surface area contributed by atoms with Crippen LogP contribution in [0, 0.1) is 5.92 Å². The van der Waals surface area contributed by atoms with E-state index in [2.05, 4.69) is 11.4 Å². The van der Waals surface area contributed by atoms with E-state index >= 15 is 0 Å². The van der Waals surface area contributed by atoms with Crippen molar-refractivity contribution in [2.45, 2.75) is 31.7 Å². The van der Waals surface area contributed by atoms with Gasteiger partial charge in [0.05, 0.1) is 58.9 Å². The summed E-state index contributed by atoms with van der Waals surface area (Å²) in [6.07, 6.45) is 2.58. The zero-order chi connectivity index (χ0) is 30.0. The molecule has 42 heavy (non-hydrogen) atoms. The van der Waals surface area contributed by atoms with E-state index in [-0.39, 0.29) is 30.4 Å². The maximum absolute atomic E-state index is 14.3. The molecule has 0 aromatic heterocycles. The van der Waals surface area contributed by atoms with Gasteiger partial charge in [-0.3, -0.25) is 9.59 Å². The molecule has 1 N–H and O–H groups in total. The van der Waals surface area contributed by atoms with Crippen LogP contribution < -0.4 is 33.9 Å². The molecule has 0 spiro atoms.